The second-order valence-electron chi connectivity index (χ2n) is 7.50. The van der Waals surface area contributed by atoms with Crippen LogP contribution in [0.1, 0.15) is 40.0 Å². The third-order valence-corrected chi connectivity index (χ3v) is 7.83. The van der Waals surface area contributed by atoms with Crippen LogP contribution in [0, 0.1) is 0 Å². The number of hydrogen-bond donors (Lipinski definition) is 0. The van der Waals surface area contributed by atoms with Crippen LogP contribution >= 0.6 is 0 Å². The SMILES string of the molecule is CCCOC(C)(OCCC)[Si]CCCN(CC1CO1)[Si](C)(C)C. The second kappa shape index (κ2) is 10.3. The van der Waals surface area contributed by atoms with Crippen molar-refractivity contribution in [2.75, 3.05) is 32.9 Å². The summed E-state index contributed by atoms with van der Waals surface area (Å²) < 4.78 is 20.1. The molecule has 0 bridgehead atoms. The Morgan fingerprint density at radius 2 is 1.74 bits per heavy atom. The van der Waals surface area contributed by atoms with Gasteiger partial charge in [0.15, 0.2) is 0 Å². The molecule has 1 fully saturated rings. The largest absolute Gasteiger partial charge is 0.372 e. The monoisotopic (exact) mass is 359 g/mol. The molecule has 1 atom stereocenters. The Kier molecular flexibility index (Phi) is 9.55. The van der Waals surface area contributed by atoms with Crippen LogP contribution < -0.4 is 0 Å². The van der Waals surface area contributed by atoms with Gasteiger partial charge in [-0.25, -0.2) is 0 Å². The van der Waals surface area contributed by atoms with Gasteiger partial charge in [0.1, 0.15) is 23.2 Å². The predicted molar refractivity (Wildman–Crippen MR) is 101 cm³/mol. The highest BCUT2D eigenvalue weighted by Crippen LogP contribution is 2.19. The summed E-state index contributed by atoms with van der Waals surface area (Å²) in [5, 5.41) is 0. The van der Waals surface area contributed by atoms with E-state index in [0.29, 0.717) is 15.6 Å². The van der Waals surface area contributed by atoms with E-state index in [2.05, 4.69) is 45.0 Å². The maximum absolute atomic E-state index is 5.99. The van der Waals surface area contributed by atoms with Gasteiger partial charge in [-0.15, -0.1) is 0 Å². The van der Waals surface area contributed by atoms with Crippen molar-refractivity contribution >= 4 is 17.8 Å². The minimum Gasteiger partial charge on any atom is -0.372 e. The molecule has 1 unspecified atom stereocenters. The number of nitrogens with zero attached hydrogens (tertiary/aromatic N) is 1. The molecule has 0 N–H and O–H groups in total. The Morgan fingerprint density at radius 1 is 1.17 bits per heavy atom. The van der Waals surface area contributed by atoms with E-state index >= 15 is 0 Å². The van der Waals surface area contributed by atoms with Gasteiger partial charge in [-0.05, 0) is 32.7 Å². The minimum absolute atomic E-state index is 0.379. The van der Waals surface area contributed by atoms with Gasteiger partial charge in [0.25, 0.3) is 0 Å². The van der Waals surface area contributed by atoms with E-state index in [1.165, 1.54) is 19.0 Å². The standard InChI is InChI=1S/C17H37NO3Si2/c1-7-11-20-17(3,21-12-8-2)22-13-9-10-18(23(4,5)6)14-16-15-19-16/h16H,7-15H2,1-6H3. The molecule has 1 rings (SSSR count). The van der Waals surface area contributed by atoms with E-state index in [1.54, 1.807) is 0 Å². The third-order valence-electron chi connectivity index (χ3n) is 3.99. The van der Waals surface area contributed by atoms with Crippen LogP contribution in [0.4, 0.5) is 0 Å². The Labute approximate surface area is 147 Å². The summed E-state index contributed by atoms with van der Waals surface area (Å²) in [7, 11) is -0.550. The molecule has 0 aliphatic carbocycles. The average molecular weight is 360 g/mol. The zero-order valence-electron chi connectivity index (χ0n) is 16.1. The van der Waals surface area contributed by atoms with Crippen LogP contribution in [-0.4, -0.2) is 66.7 Å². The maximum atomic E-state index is 5.99. The van der Waals surface area contributed by atoms with Crippen molar-refractivity contribution in [2.45, 2.75) is 77.2 Å². The number of ether oxygens (including phenoxy) is 3. The van der Waals surface area contributed by atoms with Crippen molar-refractivity contribution in [1.82, 2.24) is 4.57 Å². The maximum Gasteiger partial charge on any atom is 0.144 e. The Morgan fingerprint density at radius 3 is 2.17 bits per heavy atom. The van der Waals surface area contributed by atoms with Crippen molar-refractivity contribution in [1.29, 1.82) is 0 Å². The van der Waals surface area contributed by atoms with Crippen LogP contribution in [0.15, 0.2) is 0 Å². The third kappa shape index (κ3) is 9.36. The predicted octanol–water partition coefficient (Wildman–Crippen LogP) is 3.56. The fourth-order valence-electron chi connectivity index (χ4n) is 2.44. The van der Waals surface area contributed by atoms with Crippen LogP contribution in [0.25, 0.3) is 0 Å². The van der Waals surface area contributed by atoms with Gasteiger partial charge in [-0.1, -0.05) is 39.5 Å². The van der Waals surface area contributed by atoms with Gasteiger partial charge in [0.05, 0.1) is 12.7 Å². The van der Waals surface area contributed by atoms with Gasteiger partial charge in [0, 0.05) is 19.8 Å². The summed E-state index contributed by atoms with van der Waals surface area (Å²) in [4.78, 5) is 0. The molecule has 0 aromatic carbocycles. The van der Waals surface area contributed by atoms with Gasteiger partial charge < -0.3 is 18.8 Å². The lowest BCUT2D eigenvalue weighted by molar-refractivity contribution is -0.169. The molecular formula is C17H37NO3Si2. The molecule has 1 aliphatic rings. The van der Waals surface area contributed by atoms with Crippen LogP contribution in [-0.2, 0) is 14.2 Å². The Hall–Kier alpha value is 0.274. The summed E-state index contributed by atoms with van der Waals surface area (Å²) in [6, 6.07) is 1.18. The van der Waals surface area contributed by atoms with E-state index in [0.717, 1.165) is 39.2 Å². The number of rotatable bonds is 14. The zero-order chi connectivity index (χ0) is 17.3. The molecule has 1 heterocycles. The Balaban J connectivity index is 2.35. The first kappa shape index (κ1) is 21.3. The first-order valence-electron chi connectivity index (χ1n) is 9.20. The van der Waals surface area contributed by atoms with Gasteiger partial charge in [-0.3, -0.25) is 0 Å². The minimum atomic E-state index is -1.25. The first-order chi connectivity index (χ1) is 10.8. The molecule has 0 amide bonds. The van der Waals surface area contributed by atoms with Gasteiger partial charge >= 0.3 is 0 Å². The van der Waals surface area contributed by atoms with Gasteiger partial charge in [0.2, 0.25) is 0 Å². The van der Waals surface area contributed by atoms with E-state index in [1.807, 2.05) is 0 Å². The van der Waals surface area contributed by atoms with Crippen molar-refractivity contribution in [3.8, 4) is 0 Å². The van der Waals surface area contributed by atoms with Crippen molar-refractivity contribution < 1.29 is 14.2 Å². The second-order valence-corrected chi connectivity index (χ2v) is 14.2. The highest BCUT2D eigenvalue weighted by Gasteiger charge is 2.32. The average Bonchev–Trinajstić information content (AvgIpc) is 3.29. The summed E-state index contributed by atoms with van der Waals surface area (Å²) in [6.45, 7) is 18.5. The lowest BCUT2D eigenvalue weighted by Gasteiger charge is -2.34. The van der Waals surface area contributed by atoms with Crippen molar-refractivity contribution in [3.05, 3.63) is 0 Å². The van der Waals surface area contributed by atoms with E-state index < -0.39 is 8.24 Å². The van der Waals surface area contributed by atoms with Crippen LogP contribution in [0.5, 0.6) is 0 Å². The molecule has 0 aromatic heterocycles. The van der Waals surface area contributed by atoms with Crippen LogP contribution in [0.2, 0.25) is 25.7 Å². The van der Waals surface area contributed by atoms with Crippen molar-refractivity contribution in [2.24, 2.45) is 0 Å². The fourth-order valence-corrected chi connectivity index (χ4v) is 5.22. The summed E-state index contributed by atoms with van der Waals surface area (Å²) in [6.07, 6.45) is 3.80. The van der Waals surface area contributed by atoms with E-state index in [4.69, 9.17) is 14.2 Å². The lowest BCUT2D eigenvalue weighted by Crippen LogP contribution is -2.48. The number of hydrogen-bond acceptors (Lipinski definition) is 4. The number of epoxide rings is 1. The van der Waals surface area contributed by atoms with Crippen LogP contribution in [0.3, 0.4) is 0 Å². The summed E-state index contributed by atoms with van der Waals surface area (Å²) >= 11 is 0. The molecule has 0 aromatic rings. The van der Waals surface area contributed by atoms with Gasteiger partial charge in [-0.2, -0.15) is 0 Å². The molecule has 1 saturated heterocycles. The molecular weight excluding hydrogens is 322 g/mol. The molecule has 0 saturated carbocycles. The normalized spacial score (nSPS) is 18.7. The first-order valence-corrected chi connectivity index (χ1v) is 13.9. The topological polar surface area (TPSA) is 34.2 Å². The fraction of sp³-hybridized carbons (Fsp3) is 1.00. The van der Waals surface area contributed by atoms with E-state index in [9.17, 15) is 0 Å². The van der Waals surface area contributed by atoms with Crippen molar-refractivity contribution in [3.63, 3.8) is 0 Å². The molecule has 4 nitrogen and oxygen atoms in total. The lowest BCUT2D eigenvalue weighted by atomic mass is 10.4. The van der Waals surface area contributed by atoms with E-state index in [-0.39, 0.29) is 5.41 Å². The Bertz CT molecular complexity index is 311. The smallest absolute Gasteiger partial charge is 0.144 e. The molecule has 136 valence electrons. The molecule has 0 spiro atoms. The molecule has 2 radical (unpaired) electrons. The molecule has 23 heavy (non-hydrogen) atoms. The molecule has 6 heteroatoms. The molecule has 1 aliphatic heterocycles. The highest BCUT2D eigenvalue weighted by molar-refractivity contribution is 6.73. The summed E-state index contributed by atoms with van der Waals surface area (Å²) in [5.74, 6) is 0. The quantitative estimate of drug-likeness (QED) is 0.205. The highest BCUT2D eigenvalue weighted by atomic mass is 28.3. The summed E-state index contributed by atoms with van der Waals surface area (Å²) in [5.41, 5.74) is -0.379. The zero-order valence-corrected chi connectivity index (χ0v) is 18.1.